The number of halogens is 1. The first-order valence-corrected chi connectivity index (χ1v) is 3.20. The molecule has 0 aliphatic carbocycles. The fourth-order valence-electron chi connectivity index (χ4n) is 0.636. The van der Waals surface area contributed by atoms with Crippen LogP contribution < -0.4 is 0 Å². The minimum absolute atomic E-state index is 0.179. The van der Waals surface area contributed by atoms with E-state index >= 15 is 0 Å². The number of rotatable bonds is 1. The second kappa shape index (κ2) is 2.84. The lowest BCUT2D eigenvalue weighted by Crippen LogP contribution is -1.89. The van der Waals surface area contributed by atoms with Crippen molar-refractivity contribution in [2.75, 3.05) is 0 Å². The van der Waals surface area contributed by atoms with Gasteiger partial charge in [0, 0.05) is 12.0 Å². The van der Waals surface area contributed by atoms with Crippen molar-refractivity contribution >= 4 is 17.4 Å². The maximum atomic E-state index is 10.9. The van der Waals surface area contributed by atoms with Gasteiger partial charge in [0.2, 0.25) is 0 Å². The molecule has 2 heteroatoms. The van der Waals surface area contributed by atoms with Gasteiger partial charge in [-0.15, -0.1) is 0 Å². The van der Waals surface area contributed by atoms with E-state index in [1.165, 1.54) is 0 Å². The van der Waals surface area contributed by atoms with Crippen LogP contribution in [0.25, 0.3) is 0 Å². The molecule has 0 fully saturated rings. The van der Waals surface area contributed by atoms with E-state index in [9.17, 15) is 4.79 Å². The summed E-state index contributed by atoms with van der Waals surface area (Å²) in [6.45, 7) is -0.207. The molecule has 52 valence electrons. The van der Waals surface area contributed by atoms with E-state index in [1.807, 2.05) is 0 Å². The van der Waals surface area contributed by atoms with Gasteiger partial charge >= 0.3 is 0 Å². The largest absolute Gasteiger partial charge is 0.295 e. The highest BCUT2D eigenvalue weighted by Gasteiger charge is 1.95. The Kier molecular flexibility index (Phi) is 1.68. The molecule has 0 atom stereocenters. The van der Waals surface area contributed by atoms with Gasteiger partial charge in [-0.05, 0) is 31.2 Å². The van der Waals surface area contributed by atoms with Crippen LogP contribution in [0.4, 0.5) is 0 Å². The van der Waals surface area contributed by atoms with Crippen molar-refractivity contribution in [3.8, 4) is 0 Å². The van der Waals surface area contributed by atoms with Crippen LogP contribution in [-0.4, -0.2) is 5.78 Å². The van der Waals surface area contributed by atoms with Gasteiger partial charge in [-0.2, -0.15) is 0 Å². The number of benzene rings is 1. The molecule has 1 rings (SSSR count). The molecule has 0 N–H and O–H groups in total. The number of hydrogen-bond donors (Lipinski definition) is 0. The highest BCUT2D eigenvalue weighted by molar-refractivity contribution is 6.30. The fourth-order valence-corrected chi connectivity index (χ4v) is 0.762. The molecule has 1 aromatic rings. The monoisotopic (exact) mass is 155 g/mol. The summed E-state index contributed by atoms with van der Waals surface area (Å²) < 4.78 is 6.82. The normalized spacial score (nSPS) is 10.7. The number of carbonyl (C=O) groups excluding carboxylic acids is 1. The van der Waals surface area contributed by atoms with E-state index in [0.717, 1.165) is 0 Å². The Bertz CT molecular complexity index is 255. The summed E-state index contributed by atoms with van der Waals surface area (Å²) in [5, 5.41) is 0.603. The van der Waals surface area contributed by atoms with Crippen molar-refractivity contribution in [3.63, 3.8) is 0 Å². The maximum Gasteiger partial charge on any atom is 0.159 e. The summed E-state index contributed by atoms with van der Waals surface area (Å²) in [5.41, 5.74) is 0.546. The lowest BCUT2D eigenvalue weighted by Gasteiger charge is -1.92. The minimum atomic E-state index is -0.207. The molecule has 0 aromatic heterocycles. The van der Waals surface area contributed by atoms with Crippen LogP contribution in [0, 0.1) is 0 Å². The molecule has 0 spiro atoms. The lowest BCUT2D eigenvalue weighted by molar-refractivity contribution is 0.101. The Balaban J connectivity index is 2.90. The second-order valence-corrected chi connectivity index (χ2v) is 2.37. The van der Waals surface area contributed by atoms with Gasteiger partial charge in [-0.1, -0.05) is 11.6 Å². The predicted molar refractivity (Wildman–Crippen MR) is 41.5 cm³/mol. The first-order chi connectivity index (χ1) is 5.24. The Morgan fingerprint density at radius 3 is 2.60 bits per heavy atom. The Labute approximate surface area is 66.0 Å². The van der Waals surface area contributed by atoms with Crippen LogP contribution in [0.1, 0.15) is 18.6 Å². The zero-order chi connectivity index (χ0) is 8.27. The average Bonchev–Trinajstić information content (AvgIpc) is 2.05. The standard InChI is InChI=1S/C8H7ClO/c1-6(10)7-2-4-8(9)5-3-7/h2-5H,1H3/i1D. The lowest BCUT2D eigenvalue weighted by atomic mass is 10.2. The molecule has 0 saturated carbocycles. The SMILES string of the molecule is [2H]CC(=O)c1ccc(Cl)cc1. The van der Waals surface area contributed by atoms with Crippen LogP contribution >= 0.6 is 11.6 Å². The summed E-state index contributed by atoms with van der Waals surface area (Å²) in [6.07, 6.45) is 0. The van der Waals surface area contributed by atoms with Crippen LogP contribution in [-0.2, 0) is 0 Å². The Hall–Kier alpha value is -0.820. The van der Waals surface area contributed by atoms with Gasteiger partial charge in [0.25, 0.3) is 0 Å². The van der Waals surface area contributed by atoms with Crippen molar-refractivity contribution in [1.82, 2.24) is 0 Å². The molecular formula is C8H7ClO. The van der Waals surface area contributed by atoms with Crippen LogP contribution in [0.15, 0.2) is 24.3 Å². The summed E-state index contributed by atoms with van der Waals surface area (Å²) in [4.78, 5) is 10.9. The van der Waals surface area contributed by atoms with Crippen molar-refractivity contribution in [1.29, 1.82) is 0 Å². The number of hydrogen-bond acceptors (Lipinski definition) is 1. The van der Waals surface area contributed by atoms with Gasteiger partial charge in [0.05, 0.1) is 0 Å². The smallest absolute Gasteiger partial charge is 0.159 e. The first-order valence-electron chi connectivity index (χ1n) is 3.53. The molecular weight excluding hydrogens is 148 g/mol. The molecule has 0 radical (unpaired) electrons. The molecule has 0 bridgehead atoms. The highest BCUT2D eigenvalue weighted by atomic mass is 35.5. The summed E-state index contributed by atoms with van der Waals surface area (Å²) in [6, 6.07) is 6.54. The summed E-state index contributed by atoms with van der Waals surface area (Å²) in [5.74, 6) is -0.179. The van der Waals surface area contributed by atoms with E-state index in [-0.39, 0.29) is 12.7 Å². The topological polar surface area (TPSA) is 17.1 Å². The number of Topliss-reactive ketones (excluding diaryl/α,β-unsaturated/α-hetero) is 1. The third kappa shape index (κ3) is 1.58. The predicted octanol–water partition coefficient (Wildman–Crippen LogP) is 2.54. The zero-order valence-electron chi connectivity index (χ0n) is 6.30. The molecule has 0 amide bonds. The molecule has 10 heavy (non-hydrogen) atoms. The van der Waals surface area contributed by atoms with E-state index < -0.39 is 0 Å². The molecule has 0 aliphatic rings. The van der Waals surface area contributed by atoms with Crippen molar-refractivity contribution in [2.24, 2.45) is 0 Å². The Morgan fingerprint density at radius 2 is 2.10 bits per heavy atom. The molecule has 0 heterocycles. The van der Waals surface area contributed by atoms with Gasteiger partial charge in [-0.3, -0.25) is 4.79 Å². The first kappa shape index (κ1) is 5.93. The Morgan fingerprint density at radius 1 is 1.50 bits per heavy atom. The van der Waals surface area contributed by atoms with Gasteiger partial charge < -0.3 is 0 Å². The average molecular weight is 156 g/mol. The van der Waals surface area contributed by atoms with Crippen molar-refractivity contribution < 1.29 is 6.17 Å². The van der Waals surface area contributed by atoms with Crippen molar-refractivity contribution in [3.05, 3.63) is 34.9 Å². The molecule has 0 unspecified atom stereocenters. The van der Waals surface area contributed by atoms with E-state index in [1.54, 1.807) is 24.3 Å². The number of ketones is 1. The van der Waals surface area contributed by atoms with E-state index in [4.69, 9.17) is 13.0 Å². The third-order valence-corrected chi connectivity index (χ3v) is 1.42. The number of carbonyl (C=O) groups is 1. The molecule has 0 aliphatic heterocycles. The molecule has 0 saturated heterocycles. The van der Waals surface area contributed by atoms with Gasteiger partial charge in [0.15, 0.2) is 5.78 Å². The van der Waals surface area contributed by atoms with Crippen LogP contribution in [0.2, 0.25) is 5.02 Å². The van der Waals surface area contributed by atoms with Crippen LogP contribution in [0.3, 0.4) is 0 Å². The highest BCUT2D eigenvalue weighted by Crippen LogP contribution is 2.09. The van der Waals surface area contributed by atoms with E-state index in [2.05, 4.69) is 0 Å². The molecule has 1 nitrogen and oxygen atoms in total. The van der Waals surface area contributed by atoms with Crippen LogP contribution in [0.5, 0.6) is 0 Å². The quantitative estimate of drug-likeness (QED) is 0.570. The third-order valence-electron chi connectivity index (χ3n) is 1.17. The van der Waals surface area contributed by atoms with Crippen molar-refractivity contribution in [2.45, 2.75) is 6.90 Å². The van der Waals surface area contributed by atoms with E-state index in [0.29, 0.717) is 10.6 Å². The molecule has 1 aromatic carbocycles. The fraction of sp³-hybridized carbons (Fsp3) is 0.125. The second-order valence-electron chi connectivity index (χ2n) is 1.93. The zero-order valence-corrected chi connectivity index (χ0v) is 6.06. The van der Waals surface area contributed by atoms with Gasteiger partial charge in [-0.25, -0.2) is 0 Å². The summed E-state index contributed by atoms with van der Waals surface area (Å²) >= 11 is 5.60. The summed E-state index contributed by atoms with van der Waals surface area (Å²) in [7, 11) is 0. The minimum Gasteiger partial charge on any atom is -0.295 e. The van der Waals surface area contributed by atoms with Gasteiger partial charge in [0.1, 0.15) is 0 Å². The maximum absolute atomic E-state index is 10.9.